The van der Waals surface area contributed by atoms with Crippen molar-refractivity contribution in [2.75, 3.05) is 26.2 Å². The maximum absolute atomic E-state index is 5.78. The Morgan fingerprint density at radius 1 is 1.28 bits per heavy atom. The molecule has 0 saturated carbocycles. The average molecular weight is 246 g/mol. The summed E-state index contributed by atoms with van der Waals surface area (Å²) in [6, 6.07) is 8.40. The summed E-state index contributed by atoms with van der Waals surface area (Å²) in [4.78, 5) is 0. The van der Waals surface area contributed by atoms with Crippen LogP contribution in [-0.4, -0.2) is 32.3 Å². The molecule has 1 fully saturated rings. The second-order valence-electron chi connectivity index (χ2n) is 4.61. The number of piperazine rings is 1. The highest BCUT2D eigenvalue weighted by Gasteiger charge is 2.11. The first-order chi connectivity index (χ1) is 8.92. The molecule has 3 rings (SSSR count). The van der Waals surface area contributed by atoms with Crippen molar-refractivity contribution in [1.29, 1.82) is 0 Å². The van der Waals surface area contributed by atoms with Gasteiger partial charge >= 0.3 is 0 Å². The molecule has 1 aromatic carbocycles. The van der Waals surface area contributed by atoms with Crippen molar-refractivity contribution in [3.8, 4) is 5.75 Å². The van der Waals surface area contributed by atoms with Crippen molar-refractivity contribution in [3.05, 3.63) is 30.5 Å². The molecular weight excluding hydrogens is 228 g/mol. The number of rotatable bonds is 4. The number of hydrogen-bond acceptors (Lipinski definition) is 4. The second-order valence-corrected chi connectivity index (χ2v) is 4.61. The number of nitrogens with one attached hydrogen (secondary N) is 2. The largest absolute Gasteiger partial charge is 0.494 e. The molecule has 4 nitrogen and oxygen atoms in total. The SMILES string of the molecule is c1cc2cc(OCCC3CNCCN3)ccc2o1. The third-order valence-corrected chi connectivity index (χ3v) is 3.28. The Labute approximate surface area is 106 Å². The minimum Gasteiger partial charge on any atom is -0.494 e. The van der Waals surface area contributed by atoms with Crippen LogP contribution < -0.4 is 15.4 Å². The molecule has 2 N–H and O–H groups in total. The molecule has 1 unspecified atom stereocenters. The first-order valence-corrected chi connectivity index (χ1v) is 6.46. The summed E-state index contributed by atoms with van der Waals surface area (Å²) in [5.74, 6) is 0.910. The fourth-order valence-corrected chi connectivity index (χ4v) is 2.27. The van der Waals surface area contributed by atoms with E-state index in [0.717, 1.165) is 49.4 Å². The summed E-state index contributed by atoms with van der Waals surface area (Å²) < 4.78 is 11.1. The molecule has 0 spiro atoms. The summed E-state index contributed by atoms with van der Waals surface area (Å²) in [5.41, 5.74) is 0.903. The lowest BCUT2D eigenvalue weighted by atomic mass is 10.2. The van der Waals surface area contributed by atoms with Gasteiger partial charge in [-0.3, -0.25) is 0 Å². The van der Waals surface area contributed by atoms with Crippen molar-refractivity contribution < 1.29 is 9.15 Å². The van der Waals surface area contributed by atoms with Crippen molar-refractivity contribution in [1.82, 2.24) is 10.6 Å². The molecule has 2 aromatic rings. The fraction of sp³-hybridized carbons (Fsp3) is 0.429. The highest BCUT2D eigenvalue weighted by molar-refractivity contribution is 5.78. The summed E-state index contributed by atoms with van der Waals surface area (Å²) in [6.45, 7) is 3.88. The van der Waals surface area contributed by atoms with E-state index in [2.05, 4.69) is 10.6 Å². The minimum atomic E-state index is 0.524. The molecule has 0 amide bonds. The van der Waals surface area contributed by atoms with Crippen LogP contribution in [0.2, 0.25) is 0 Å². The third-order valence-electron chi connectivity index (χ3n) is 3.28. The van der Waals surface area contributed by atoms with E-state index in [9.17, 15) is 0 Å². The smallest absolute Gasteiger partial charge is 0.134 e. The van der Waals surface area contributed by atoms with Gasteiger partial charge < -0.3 is 19.8 Å². The third kappa shape index (κ3) is 2.66. The zero-order chi connectivity index (χ0) is 12.2. The molecule has 0 radical (unpaired) electrons. The van der Waals surface area contributed by atoms with Gasteiger partial charge in [0.2, 0.25) is 0 Å². The van der Waals surface area contributed by atoms with Crippen LogP contribution in [0.4, 0.5) is 0 Å². The quantitative estimate of drug-likeness (QED) is 0.863. The summed E-state index contributed by atoms with van der Waals surface area (Å²) >= 11 is 0. The van der Waals surface area contributed by atoms with Gasteiger partial charge in [0.1, 0.15) is 11.3 Å². The Balaban J connectivity index is 1.52. The molecule has 96 valence electrons. The van der Waals surface area contributed by atoms with E-state index in [1.807, 2.05) is 24.3 Å². The molecule has 1 saturated heterocycles. The van der Waals surface area contributed by atoms with E-state index in [4.69, 9.17) is 9.15 Å². The Hall–Kier alpha value is -1.52. The second kappa shape index (κ2) is 5.42. The van der Waals surface area contributed by atoms with Gasteiger partial charge in [0.25, 0.3) is 0 Å². The van der Waals surface area contributed by atoms with Gasteiger partial charge in [-0.25, -0.2) is 0 Å². The lowest BCUT2D eigenvalue weighted by Gasteiger charge is -2.24. The van der Waals surface area contributed by atoms with Crippen LogP contribution in [-0.2, 0) is 0 Å². The van der Waals surface area contributed by atoms with E-state index >= 15 is 0 Å². The van der Waals surface area contributed by atoms with Gasteiger partial charge in [0.05, 0.1) is 12.9 Å². The predicted molar refractivity (Wildman–Crippen MR) is 71.0 cm³/mol. The van der Waals surface area contributed by atoms with Gasteiger partial charge in [-0.15, -0.1) is 0 Å². The fourth-order valence-electron chi connectivity index (χ4n) is 2.27. The number of benzene rings is 1. The Kier molecular flexibility index (Phi) is 3.48. The lowest BCUT2D eigenvalue weighted by molar-refractivity contribution is 0.274. The molecule has 1 aliphatic rings. The van der Waals surface area contributed by atoms with Crippen molar-refractivity contribution in [2.45, 2.75) is 12.5 Å². The zero-order valence-corrected chi connectivity index (χ0v) is 10.3. The number of ether oxygens (including phenoxy) is 1. The first kappa shape index (κ1) is 11.6. The maximum Gasteiger partial charge on any atom is 0.134 e. The maximum atomic E-state index is 5.78. The zero-order valence-electron chi connectivity index (χ0n) is 10.3. The van der Waals surface area contributed by atoms with Crippen molar-refractivity contribution >= 4 is 11.0 Å². The van der Waals surface area contributed by atoms with Crippen LogP contribution >= 0.6 is 0 Å². The molecule has 0 aliphatic carbocycles. The highest BCUT2D eigenvalue weighted by Crippen LogP contribution is 2.21. The normalized spacial score (nSPS) is 20.1. The van der Waals surface area contributed by atoms with Crippen LogP contribution in [0.5, 0.6) is 5.75 Å². The van der Waals surface area contributed by atoms with Gasteiger partial charge in [-0.1, -0.05) is 0 Å². The standard InChI is InChI=1S/C14H18N2O2/c1-2-14-11(3-7-18-14)9-13(1)17-8-4-12-10-15-5-6-16-12/h1-3,7,9,12,15-16H,4-6,8,10H2. The van der Waals surface area contributed by atoms with Crippen LogP contribution in [0, 0.1) is 0 Å². The van der Waals surface area contributed by atoms with E-state index in [1.165, 1.54) is 0 Å². The molecule has 1 aliphatic heterocycles. The van der Waals surface area contributed by atoms with Crippen LogP contribution in [0.1, 0.15) is 6.42 Å². The monoisotopic (exact) mass is 246 g/mol. The summed E-state index contributed by atoms with van der Waals surface area (Å²) in [5, 5.41) is 7.94. The Morgan fingerprint density at radius 3 is 3.17 bits per heavy atom. The Bertz CT molecular complexity index is 503. The van der Waals surface area contributed by atoms with Gasteiger partial charge in [-0.05, 0) is 30.7 Å². The molecule has 2 heterocycles. The molecule has 1 aromatic heterocycles. The van der Waals surface area contributed by atoms with Crippen LogP contribution in [0.3, 0.4) is 0 Å². The number of furan rings is 1. The molecule has 4 heteroatoms. The summed E-state index contributed by atoms with van der Waals surface area (Å²) in [6.07, 6.45) is 2.72. The highest BCUT2D eigenvalue weighted by atomic mass is 16.5. The van der Waals surface area contributed by atoms with E-state index in [-0.39, 0.29) is 0 Å². The van der Waals surface area contributed by atoms with Gasteiger partial charge in [0.15, 0.2) is 0 Å². The van der Waals surface area contributed by atoms with Gasteiger partial charge in [-0.2, -0.15) is 0 Å². The summed E-state index contributed by atoms with van der Waals surface area (Å²) in [7, 11) is 0. The van der Waals surface area contributed by atoms with Crippen molar-refractivity contribution in [3.63, 3.8) is 0 Å². The van der Waals surface area contributed by atoms with Crippen LogP contribution in [0.25, 0.3) is 11.0 Å². The molecule has 18 heavy (non-hydrogen) atoms. The predicted octanol–water partition coefficient (Wildman–Crippen LogP) is 1.76. The topological polar surface area (TPSA) is 46.4 Å². The van der Waals surface area contributed by atoms with Crippen LogP contribution in [0.15, 0.2) is 34.9 Å². The van der Waals surface area contributed by atoms with E-state index in [1.54, 1.807) is 6.26 Å². The number of hydrogen-bond donors (Lipinski definition) is 2. The Morgan fingerprint density at radius 2 is 2.28 bits per heavy atom. The van der Waals surface area contributed by atoms with Gasteiger partial charge in [0, 0.05) is 31.1 Å². The molecule has 1 atom stereocenters. The first-order valence-electron chi connectivity index (χ1n) is 6.46. The average Bonchev–Trinajstić information content (AvgIpc) is 2.87. The van der Waals surface area contributed by atoms with E-state index < -0.39 is 0 Å². The minimum absolute atomic E-state index is 0.524. The van der Waals surface area contributed by atoms with Crippen molar-refractivity contribution in [2.24, 2.45) is 0 Å². The number of fused-ring (bicyclic) bond motifs is 1. The molecule has 0 bridgehead atoms. The van der Waals surface area contributed by atoms with E-state index in [0.29, 0.717) is 6.04 Å². The lowest BCUT2D eigenvalue weighted by Crippen LogP contribution is -2.48. The molecular formula is C14H18N2O2.